The van der Waals surface area contributed by atoms with E-state index < -0.39 is 10.0 Å². The molecular weight excluding hydrogens is 360 g/mol. The van der Waals surface area contributed by atoms with Gasteiger partial charge in [-0.25, -0.2) is 18.4 Å². The van der Waals surface area contributed by atoms with Crippen molar-refractivity contribution in [2.75, 3.05) is 13.1 Å². The zero-order valence-electron chi connectivity index (χ0n) is 15.7. The first-order valence-electron chi connectivity index (χ1n) is 9.28. The van der Waals surface area contributed by atoms with Gasteiger partial charge in [0.15, 0.2) is 5.65 Å². The number of hydrogen-bond acceptors (Lipinski definition) is 4. The Bertz CT molecular complexity index is 1070. The molecule has 0 radical (unpaired) electrons. The molecule has 1 aromatic carbocycles. The molecule has 1 unspecified atom stereocenters. The summed E-state index contributed by atoms with van der Waals surface area (Å²) < 4.78 is 30.0. The Labute approximate surface area is 159 Å². The molecule has 0 N–H and O–H groups in total. The monoisotopic (exact) mass is 384 g/mol. The first-order chi connectivity index (χ1) is 12.9. The number of hydrogen-bond donors (Lipinski definition) is 0. The van der Waals surface area contributed by atoms with Crippen molar-refractivity contribution < 1.29 is 8.42 Å². The average Bonchev–Trinajstić information content (AvgIpc) is 3.05. The molecule has 4 rings (SSSR count). The molecule has 1 fully saturated rings. The van der Waals surface area contributed by atoms with E-state index in [1.165, 1.54) is 0 Å². The van der Waals surface area contributed by atoms with Gasteiger partial charge in [0.25, 0.3) is 0 Å². The zero-order valence-corrected chi connectivity index (χ0v) is 16.5. The van der Waals surface area contributed by atoms with E-state index in [4.69, 9.17) is 0 Å². The maximum atomic E-state index is 13.2. The maximum Gasteiger partial charge on any atom is 0.243 e. The van der Waals surface area contributed by atoms with E-state index in [0.717, 1.165) is 41.7 Å². The highest BCUT2D eigenvalue weighted by Gasteiger charge is 2.31. The lowest BCUT2D eigenvalue weighted by atomic mass is 10.00. The van der Waals surface area contributed by atoms with Gasteiger partial charge in [0.2, 0.25) is 10.0 Å². The van der Waals surface area contributed by atoms with Gasteiger partial charge in [-0.15, -0.1) is 0 Å². The second-order valence-corrected chi connectivity index (χ2v) is 9.29. The quantitative estimate of drug-likeness (QED) is 0.693. The average molecular weight is 385 g/mol. The van der Waals surface area contributed by atoms with Crippen LogP contribution < -0.4 is 0 Å². The van der Waals surface area contributed by atoms with Crippen LogP contribution in [0.5, 0.6) is 0 Å². The van der Waals surface area contributed by atoms with Gasteiger partial charge in [-0.3, -0.25) is 0 Å². The van der Waals surface area contributed by atoms with Gasteiger partial charge < -0.3 is 4.57 Å². The molecule has 0 bridgehead atoms. The first kappa shape index (κ1) is 18.1. The van der Waals surface area contributed by atoms with Crippen LogP contribution in [-0.2, 0) is 16.6 Å². The molecule has 0 saturated carbocycles. The summed E-state index contributed by atoms with van der Waals surface area (Å²) in [7, 11) is -3.47. The molecule has 1 atom stereocenters. The summed E-state index contributed by atoms with van der Waals surface area (Å²) in [5, 5.41) is 0. The number of nitrogens with zero attached hydrogens (tertiary/aromatic N) is 4. The van der Waals surface area contributed by atoms with Gasteiger partial charge in [0.05, 0.1) is 11.2 Å². The normalized spacial score (nSPS) is 18.8. The van der Waals surface area contributed by atoms with Crippen molar-refractivity contribution in [3.8, 4) is 0 Å². The Morgan fingerprint density at radius 1 is 1.19 bits per heavy atom. The van der Waals surface area contributed by atoms with E-state index in [-0.39, 0.29) is 5.92 Å². The fourth-order valence-corrected chi connectivity index (χ4v) is 5.69. The number of benzene rings is 1. The number of pyridine rings is 1. The molecule has 142 valence electrons. The number of fused-ring (bicyclic) bond motifs is 1. The van der Waals surface area contributed by atoms with Gasteiger partial charge >= 0.3 is 0 Å². The molecule has 1 aliphatic rings. The number of rotatable bonds is 4. The topological polar surface area (TPSA) is 68.1 Å². The minimum absolute atomic E-state index is 0.249. The number of imidazole rings is 1. The van der Waals surface area contributed by atoms with E-state index >= 15 is 0 Å². The predicted octanol–water partition coefficient (Wildman–Crippen LogP) is 3.15. The summed E-state index contributed by atoms with van der Waals surface area (Å²) in [6.45, 7) is 5.68. The van der Waals surface area contributed by atoms with Crippen molar-refractivity contribution in [1.29, 1.82) is 0 Å². The molecule has 2 aromatic heterocycles. The molecule has 1 aliphatic heterocycles. The van der Waals surface area contributed by atoms with Gasteiger partial charge in [0, 0.05) is 25.8 Å². The van der Waals surface area contributed by atoms with Crippen molar-refractivity contribution in [2.24, 2.45) is 5.92 Å². The lowest BCUT2D eigenvalue weighted by Crippen LogP contribution is -2.41. The highest BCUT2D eigenvalue weighted by atomic mass is 32.2. The van der Waals surface area contributed by atoms with E-state index in [0.29, 0.717) is 18.0 Å². The van der Waals surface area contributed by atoms with Crippen molar-refractivity contribution >= 4 is 21.2 Å². The third-order valence-electron chi connectivity index (χ3n) is 5.26. The van der Waals surface area contributed by atoms with Crippen LogP contribution in [0.15, 0.2) is 47.8 Å². The van der Waals surface area contributed by atoms with Crippen LogP contribution in [0.4, 0.5) is 0 Å². The largest absolute Gasteiger partial charge is 0.315 e. The first-order valence-corrected chi connectivity index (χ1v) is 10.7. The highest BCUT2D eigenvalue weighted by molar-refractivity contribution is 7.89. The lowest BCUT2D eigenvalue weighted by Gasteiger charge is -2.32. The van der Waals surface area contributed by atoms with Crippen LogP contribution >= 0.6 is 0 Å². The minimum Gasteiger partial charge on any atom is -0.315 e. The van der Waals surface area contributed by atoms with Crippen LogP contribution in [0.2, 0.25) is 0 Å². The van der Waals surface area contributed by atoms with Crippen LogP contribution in [-0.4, -0.2) is 40.3 Å². The summed E-state index contributed by atoms with van der Waals surface area (Å²) in [5.41, 5.74) is 3.60. The van der Waals surface area contributed by atoms with Crippen molar-refractivity contribution in [2.45, 2.75) is 38.1 Å². The van der Waals surface area contributed by atoms with E-state index in [1.54, 1.807) is 22.9 Å². The van der Waals surface area contributed by atoms with Crippen LogP contribution in [0.25, 0.3) is 11.2 Å². The number of aryl methyl sites for hydroxylation is 2. The molecule has 0 aliphatic carbocycles. The predicted molar refractivity (Wildman–Crippen MR) is 105 cm³/mol. The molecule has 3 aromatic rings. The fourth-order valence-electron chi connectivity index (χ4n) is 3.93. The molecule has 0 amide bonds. The summed E-state index contributed by atoms with van der Waals surface area (Å²) in [5.74, 6) is 0.249. The van der Waals surface area contributed by atoms with Gasteiger partial charge in [-0.2, -0.15) is 4.31 Å². The van der Waals surface area contributed by atoms with E-state index in [2.05, 4.69) is 9.97 Å². The Kier molecular flexibility index (Phi) is 4.74. The third-order valence-corrected chi connectivity index (χ3v) is 7.28. The van der Waals surface area contributed by atoms with E-state index in [1.807, 2.05) is 42.7 Å². The Morgan fingerprint density at radius 2 is 2.04 bits per heavy atom. The van der Waals surface area contributed by atoms with Crippen molar-refractivity contribution in [3.05, 3.63) is 54.0 Å². The number of piperidine rings is 1. The minimum atomic E-state index is -3.47. The number of sulfonamides is 1. The van der Waals surface area contributed by atoms with Crippen LogP contribution in [0, 0.1) is 19.8 Å². The third kappa shape index (κ3) is 3.49. The lowest BCUT2D eigenvalue weighted by molar-refractivity contribution is 0.246. The fraction of sp³-hybridized carbons (Fsp3) is 0.400. The molecular formula is C20H24N4O2S. The summed E-state index contributed by atoms with van der Waals surface area (Å²) >= 11 is 0. The van der Waals surface area contributed by atoms with E-state index in [9.17, 15) is 8.42 Å². The number of aromatic nitrogens is 3. The SMILES string of the molecule is Cc1ccc(S(=O)(=O)N2CCCC(Cn3cnc4cccnc43)C2)c(C)c1. The van der Waals surface area contributed by atoms with Crippen LogP contribution in [0.1, 0.15) is 24.0 Å². The second kappa shape index (κ2) is 7.05. The van der Waals surface area contributed by atoms with Crippen molar-refractivity contribution in [3.63, 3.8) is 0 Å². The molecule has 27 heavy (non-hydrogen) atoms. The summed E-state index contributed by atoms with van der Waals surface area (Å²) in [6, 6.07) is 9.34. The Balaban J connectivity index is 1.55. The maximum absolute atomic E-state index is 13.2. The van der Waals surface area contributed by atoms with Gasteiger partial charge in [-0.1, -0.05) is 17.7 Å². The smallest absolute Gasteiger partial charge is 0.243 e. The molecule has 6 nitrogen and oxygen atoms in total. The Morgan fingerprint density at radius 3 is 2.85 bits per heavy atom. The van der Waals surface area contributed by atoms with Crippen molar-refractivity contribution in [1.82, 2.24) is 18.8 Å². The molecule has 1 saturated heterocycles. The van der Waals surface area contributed by atoms with Gasteiger partial charge in [-0.05, 0) is 56.4 Å². The summed E-state index contributed by atoms with van der Waals surface area (Å²) in [6.07, 6.45) is 5.44. The molecule has 7 heteroatoms. The molecule has 0 spiro atoms. The second-order valence-electron chi connectivity index (χ2n) is 7.38. The van der Waals surface area contributed by atoms with Gasteiger partial charge in [0.1, 0.15) is 5.52 Å². The summed E-state index contributed by atoms with van der Waals surface area (Å²) in [4.78, 5) is 9.22. The van der Waals surface area contributed by atoms with Crippen LogP contribution in [0.3, 0.4) is 0 Å². The standard InChI is InChI=1S/C20H24N4O2S/c1-15-7-8-19(16(2)11-15)27(25,26)24-10-4-5-17(13-24)12-23-14-22-18-6-3-9-21-20(18)23/h3,6-9,11,14,17H,4-5,10,12-13H2,1-2H3. The highest BCUT2D eigenvalue weighted by Crippen LogP contribution is 2.27. The Hall–Kier alpha value is -2.25. The zero-order chi connectivity index (χ0) is 19.0. The molecule has 3 heterocycles.